The molecule has 1 saturated carbocycles. The minimum absolute atomic E-state index is 0.468. The fourth-order valence-electron chi connectivity index (χ4n) is 2.64. The van der Waals surface area contributed by atoms with Crippen LogP contribution in [0, 0.1) is 5.41 Å². The Balaban J connectivity index is 2.03. The van der Waals surface area contributed by atoms with Gasteiger partial charge in [-0.15, -0.1) is 0 Å². The zero-order valence-corrected chi connectivity index (χ0v) is 9.65. The van der Waals surface area contributed by atoms with Crippen molar-refractivity contribution >= 4 is 5.97 Å². The topological polar surface area (TPSA) is 55.1 Å². The van der Waals surface area contributed by atoms with E-state index in [1.165, 1.54) is 0 Å². The molecule has 1 heterocycles. The highest BCUT2D eigenvalue weighted by Gasteiger charge is 2.40. The number of aryl methyl sites for hydroxylation is 2. The van der Waals surface area contributed by atoms with Gasteiger partial charge < -0.3 is 5.11 Å². The van der Waals surface area contributed by atoms with Gasteiger partial charge in [-0.1, -0.05) is 12.8 Å². The first kappa shape index (κ1) is 11.2. The number of carbonyl (C=O) groups is 1. The van der Waals surface area contributed by atoms with Crippen LogP contribution in [0.25, 0.3) is 0 Å². The fourth-order valence-corrected chi connectivity index (χ4v) is 2.64. The Morgan fingerprint density at radius 1 is 1.56 bits per heavy atom. The van der Waals surface area contributed by atoms with Gasteiger partial charge in [0, 0.05) is 18.9 Å². The highest BCUT2D eigenvalue weighted by Crippen LogP contribution is 2.42. The number of nitrogens with zero attached hydrogens (tertiary/aromatic N) is 2. The van der Waals surface area contributed by atoms with E-state index < -0.39 is 11.4 Å². The molecule has 0 bridgehead atoms. The Kier molecular flexibility index (Phi) is 2.99. The van der Waals surface area contributed by atoms with E-state index in [1.54, 1.807) is 6.20 Å². The average Bonchev–Trinajstić information content (AvgIpc) is 2.84. The third kappa shape index (κ3) is 1.96. The molecule has 0 atom stereocenters. The maximum absolute atomic E-state index is 11.3. The maximum atomic E-state index is 11.3. The minimum atomic E-state index is -0.618. The summed E-state index contributed by atoms with van der Waals surface area (Å²) in [7, 11) is 1.90. The molecule has 4 nitrogen and oxygen atoms in total. The van der Waals surface area contributed by atoms with E-state index in [1.807, 2.05) is 17.8 Å². The Morgan fingerprint density at radius 2 is 2.25 bits per heavy atom. The van der Waals surface area contributed by atoms with Gasteiger partial charge in [-0.25, -0.2) is 0 Å². The van der Waals surface area contributed by atoms with E-state index >= 15 is 0 Å². The van der Waals surface area contributed by atoms with Gasteiger partial charge in [0.1, 0.15) is 0 Å². The number of hydrogen-bond acceptors (Lipinski definition) is 2. The van der Waals surface area contributed by atoms with Crippen LogP contribution < -0.4 is 0 Å². The van der Waals surface area contributed by atoms with E-state index in [-0.39, 0.29) is 0 Å². The Labute approximate surface area is 95.3 Å². The molecule has 1 aliphatic rings. The third-order valence-corrected chi connectivity index (χ3v) is 3.80. The third-order valence-electron chi connectivity index (χ3n) is 3.80. The van der Waals surface area contributed by atoms with Gasteiger partial charge in [-0.3, -0.25) is 9.48 Å². The maximum Gasteiger partial charge on any atom is 0.309 e. The van der Waals surface area contributed by atoms with Crippen molar-refractivity contribution in [1.82, 2.24) is 9.78 Å². The molecular formula is C12H18N2O2. The minimum Gasteiger partial charge on any atom is -0.481 e. The standard InChI is InChI=1S/C12H18N2O2/c1-14-10(5-9-13-14)4-8-12(11(15)16)6-2-3-7-12/h5,9H,2-4,6-8H2,1H3,(H,15,16). The summed E-state index contributed by atoms with van der Waals surface area (Å²) in [6.07, 6.45) is 7.08. The smallest absolute Gasteiger partial charge is 0.309 e. The van der Waals surface area contributed by atoms with Crippen molar-refractivity contribution < 1.29 is 9.90 Å². The number of hydrogen-bond donors (Lipinski definition) is 1. The molecule has 0 radical (unpaired) electrons. The second-order valence-corrected chi connectivity index (χ2v) is 4.74. The molecule has 1 N–H and O–H groups in total. The molecule has 0 saturated heterocycles. The van der Waals surface area contributed by atoms with Gasteiger partial charge in [-0.2, -0.15) is 5.10 Å². The first-order chi connectivity index (χ1) is 7.64. The number of aliphatic carboxylic acids is 1. The van der Waals surface area contributed by atoms with Gasteiger partial charge in [0.25, 0.3) is 0 Å². The van der Waals surface area contributed by atoms with E-state index in [0.717, 1.165) is 44.2 Å². The van der Waals surface area contributed by atoms with Crippen LogP contribution in [-0.2, 0) is 18.3 Å². The van der Waals surface area contributed by atoms with Gasteiger partial charge in [0.2, 0.25) is 0 Å². The van der Waals surface area contributed by atoms with Gasteiger partial charge in [0.05, 0.1) is 5.41 Å². The number of rotatable bonds is 4. The highest BCUT2D eigenvalue weighted by molar-refractivity contribution is 5.75. The van der Waals surface area contributed by atoms with E-state index in [2.05, 4.69) is 5.10 Å². The van der Waals surface area contributed by atoms with Gasteiger partial charge in [-0.05, 0) is 31.7 Å². The van der Waals surface area contributed by atoms with Crippen LogP contribution in [-0.4, -0.2) is 20.9 Å². The molecule has 1 aromatic rings. The van der Waals surface area contributed by atoms with E-state index in [4.69, 9.17) is 0 Å². The predicted molar refractivity (Wildman–Crippen MR) is 60.1 cm³/mol. The Morgan fingerprint density at radius 3 is 2.75 bits per heavy atom. The molecule has 2 rings (SSSR count). The van der Waals surface area contributed by atoms with Crippen LogP contribution in [0.5, 0.6) is 0 Å². The highest BCUT2D eigenvalue weighted by atomic mass is 16.4. The molecule has 0 amide bonds. The summed E-state index contributed by atoms with van der Waals surface area (Å²) < 4.78 is 1.82. The second-order valence-electron chi connectivity index (χ2n) is 4.74. The van der Waals surface area contributed by atoms with Crippen LogP contribution in [0.15, 0.2) is 12.3 Å². The predicted octanol–water partition coefficient (Wildman–Crippen LogP) is 2.00. The first-order valence-corrected chi connectivity index (χ1v) is 5.84. The molecule has 0 aromatic carbocycles. The monoisotopic (exact) mass is 222 g/mol. The summed E-state index contributed by atoms with van der Waals surface area (Å²) >= 11 is 0. The van der Waals surface area contributed by atoms with Crippen LogP contribution in [0.3, 0.4) is 0 Å². The number of carboxylic acids is 1. The lowest BCUT2D eigenvalue weighted by Gasteiger charge is -2.23. The molecule has 16 heavy (non-hydrogen) atoms. The zero-order valence-electron chi connectivity index (χ0n) is 9.65. The molecule has 0 spiro atoms. The summed E-state index contributed by atoms with van der Waals surface area (Å²) in [6.45, 7) is 0. The van der Waals surface area contributed by atoms with Crippen LogP contribution in [0.2, 0.25) is 0 Å². The molecule has 0 unspecified atom stereocenters. The summed E-state index contributed by atoms with van der Waals surface area (Å²) in [5.74, 6) is -0.618. The van der Waals surface area contributed by atoms with Crippen molar-refractivity contribution in [3.63, 3.8) is 0 Å². The summed E-state index contributed by atoms with van der Waals surface area (Å²) in [5.41, 5.74) is 0.650. The van der Waals surface area contributed by atoms with Crippen molar-refractivity contribution in [2.24, 2.45) is 12.5 Å². The number of carboxylic acid groups (broad SMARTS) is 1. The molecular weight excluding hydrogens is 204 g/mol. The lowest BCUT2D eigenvalue weighted by Crippen LogP contribution is -2.28. The Bertz CT molecular complexity index is 378. The van der Waals surface area contributed by atoms with Crippen molar-refractivity contribution in [2.75, 3.05) is 0 Å². The Hall–Kier alpha value is -1.32. The molecule has 1 aliphatic carbocycles. The summed E-state index contributed by atoms with van der Waals surface area (Å²) in [4.78, 5) is 11.3. The lowest BCUT2D eigenvalue weighted by molar-refractivity contribution is -0.149. The van der Waals surface area contributed by atoms with Gasteiger partial charge in [0.15, 0.2) is 0 Å². The number of aromatic nitrogens is 2. The van der Waals surface area contributed by atoms with Crippen LogP contribution in [0.1, 0.15) is 37.8 Å². The lowest BCUT2D eigenvalue weighted by atomic mass is 9.81. The van der Waals surface area contributed by atoms with Crippen molar-refractivity contribution in [3.8, 4) is 0 Å². The second kappa shape index (κ2) is 4.28. The molecule has 0 aliphatic heterocycles. The fraction of sp³-hybridized carbons (Fsp3) is 0.667. The van der Waals surface area contributed by atoms with Gasteiger partial charge >= 0.3 is 5.97 Å². The molecule has 88 valence electrons. The van der Waals surface area contributed by atoms with Crippen molar-refractivity contribution in [1.29, 1.82) is 0 Å². The normalized spacial score (nSPS) is 18.8. The quantitative estimate of drug-likeness (QED) is 0.847. The largest absolute Gasteiger partial charge is 0.481 e. The molecule has 4 heteroatoms. The summed E-state index contributed by atoms with van der Waals surface area (Å²) in [6, 6.07) is 1.96. The molecule has 1 fully saturated rings. The molecule has 1 aromatic heterocycles. The van der Waals surface area contributed by atoms with E-state index in [9.17, 15) is 9.90 Å². The van der Waals surface area contributed by atoms with Crippen LogP contribution >= 0.6 is 0 Å². The zero-order chi connectivity index (χ0) is 11.6. The van der Waals surface area contributed by atoms with E-state index in [0.29, 0.717) is 0 Å². The SMILES string of the molecule is Cn1nccc1CCC1(C(=O)O)CCCC1. The van der Waals surface area contributed by atoms with Crippen molar-refractivity contribution in [2.45, 2.75) is 38.5 Å². The van der Waals surface area contributed by atoms with Crippen LogP contribution in [0.4, 0.5) is 0 Å². The first-order valence-electron chi connectivity index (χ1n) is 5.84. The average molecular weight is 222 g/mol. The summed E-state index contributed by atoms with van der Waals surface area (Å²) in [5, 5.41) is 13.4. The van der Waals surface area contributed by atoms with Crippen molar-refractivity contribution in [3.05, 3.63) is 18.0 Å².